The Morgan fingerprint density at radius 3 is 2.96 bits per heavy atom. The molecule has 0 bridgehead atoms. The fourth-order valence-electron chi connectivity index (χ4n) is 2.98. The molecule has 1 saturated carbocycles. The smallest absolute Gasteiger partial charge is 0.255 e. The Balaban J connectivity index is 1.67. The second kappa shape index (κ2) is 6.52. The molecular weight excluding hydrogens is 382 g/mol. The molecule has 1 fully saturated rings. The molecular formula is C19H18BrN3O2. The van der Waals surface area contributed by atoms with E-state index in [1.807, 2.05) is 52.0 Å². The summed E-state index contributed by atoms with van der Waals surface area (Å²) < 4.78 is 8.08. The van der Waals surface area contributed by atoms with Gasteiger partial charge in [-0.3, -0.25) is 4.79 Å². The molecule has 1 aliphatic carbocycles. The normalized spacial score (nSPS) is 13.8. The summed E-state index contributed by atoms with van der Waals surface area (Å²) in [5.41, 5.74) is 2.53. The molecule has 0 atom stereocenters. The molecule has 2 aromatic heterocycles. The lowest BCUT2D eigenvalue weighted by molar-refractivity contribution is 0.0726. The van der Waals surface area contributed by atoms with Crippen molar-refractivity contribution in [2.75, 3.05) is 7.11 Å². The Labute approximate surface area is 154 Å². The number of pyridine rings is 1. The highest BCUT2D eigenvalue weighted by Crippen LogP contribution is 2.32. The number of carbonyl (C=O) groups excluding carboxylic acids is 1. The first-order valence-corrected chi connectivity index (χ1v) is 9.02. The highest BCUT2D eigenvalue weighted by Gasteiger charge is 2.34. The molecule has 1 aliphatic rings. The maximum Gasteiger partial charge on any atom is 0.255 e. The number of halogens is 1. The van der Waals surface area contributed by atoms with Crippen molar-refractivity contribution >= 4 is 27.5 Å². The molecule has 0 saturated heterocycles. The summed E-state index contributed by atoms with van der Waals surface area (Å²) in [7, 11) is 1.61. The number of aromatic nitrogens is 2. The van der Waals surface area contributed by atoms with Crippen molar-refractivity contribution in [3.8, 4) is 5.75 Å². The van der Waals surface area contributed by atoms with Crippen LogP contribution in [0, 0.1) is 0 Å². The van der Waals surface area contributed by atoms with Gasteiger partial charge in [0.05, 0.1) is 31.1 Å². The summed E-state index contributed by atoms with van der Waals surface area (Å²) in [6.07, 6.45) is 5.92. The third-order valence-electron chi connectivity index (χ3n) is 4.48. The van der Waals surface area contributed by atoms with Gasteiger partial charge in [0.15, 0.2) is 0 Å². The number of hydrogen-bond acceptors (Lipinski definition) is 3. The monoisotopic (exact) mass is 399 g/mol. The Morgan fingerprint density at radius 2 is 2.20 bits per heavy atom. The number of nitrogens with zero attached hydrogens (tertiary/aromatic N) is 3. The molecule has 0 unspecified atom stereocenters. The van der Waals surface area contributed by atoms with Crippen LogP contribution in [0.2, 0.25) is 0 Å². The first-order chi connectivity index (χ1) is 12.2. The SMILES string of the molecule is COc1ccc(Br)c(C(=O)N(Cc2cnc3ccccn23)C2CC2)c1. The number of methoxy groups -OCH3 is 1. The first kappa shape index (κ1) is 16.1. The van der Waals surface area contributed by atoms with Crippen LogP contribution in [0.25, 0.3) is 5.65 Å². The van der Waals surface area contributed by atoms with E-state index < -0.39 is 0 Å². The predicted molar refractivity (Wildman–Crippen MR) is 98.8 cm³/mol. The van der Waals surface area contributed by atoms with Crippen LogP contribution in [0.1, 0.15) is 28.9 Å². The molecule has 5 nitrogen and oxygen atoms in total. The summed E-state index contributed by atoms with van der Waals surface area (Å²) in [5, 5.41) is 0. The second-order valence-corrected chi connectivity index (χ2v) is 7.04. The molecule has 0 aliphatic heterocycles. The molecule has 128 valence electrons. The van der Waals surface area contributed by atoms with E-state index in [9.17, 15) is 4.79 Å². The van der Waals surface area contributed by atoms with Crippen LogP contribution in [0.3, 0.4) is 0 Å². The predicted octanol–water partition coefficient (Wildman–Crippen LogP) is 3.91. The first-order valence-electron chi connectivity index (χ1n) is 8.23. The number of imidazole rings is 1. The van der Waals surface area contributed by atoms with Crippen LogP contribution in [-0.4, -0.2) is 33.3 Å². The number of carbonyl (C=O) groups is 1. The minimum absolute atomic E-state index is 0.0131. The molecule has 0 spiro atoms. The number of amides is 1. The van der Waals surface area contributed by atoms with E-state index in [1.54, 1.807) is 13.2 Å². The van der Waals surface area contributed by atoms with Gasteiger partial charge in [-0.1, -0.05) is 6.07 Å². The number of benzene rings is 1. The molecule has 0 N–H and O–H groups in total. The largest absolute Gasteiger partial charge is 0.497 e. The fourth-order valence-corrected chi connectivity index (χ4v) is 3.40. The van der Waals surface area contributed by atoms with Crippen LogP contribution in [0.4, 0.5) is 0 Å². The second-order valence-electron chi connectivity index (χ2n) is 6.19. The minimum Gasteiger partial charge on any atom is -0.497 e. The van der Waals surface area contributed by atoms with Crippen LogP contribution >= 0.6 is 15.9 Å². The van der Waals surface area contributed by atoms with E-state index in [0.717, 1.165) is 28.7 Å². The Kier molecular flexibility index (Phi) is 4.21. The zero-order valence-electron chi connectivity index (χ0n) is 13.9. The molecule has 0 radical (unpaired) electrons. The van der Waals surface area contributed by atoms with E-state index in [0.29, 0.717) is 23.9 Å². The van der Waals surface area contributed by atoms with E-state index in [1.165, 1.54) is 0 Å². The lowest BCUT2D eigenvalue weighted by Gasteiger charge is -2.23. The topological polar surface area (TPSA) is 46.8 Å². The number of rotatable bonds is 5. The maximum atomic E-state index is 13.2. The van der Waals surface area contributed by atoms with Crippen LogP contribution < -0.4 is 4.74 Å². The van der Waals surface area contributed by atoms with Crippen LogP contribution in [0.5, 0.6) is 5.75 Å². The van der Waals surface area contributed by atoms with Crippen molar-refractivity contribution in [1.29, 1.82) is 0 Å². The highest BCUT2D eigenvalue weighted by atomic mass is 79.9. The lowest BCUT2D eigenvalue weighted by atomic mass is 10.1. The van der Waals surface area contributed by atoms with Gasteiger partial charge in [-0.2, -0.15) is 0 Å². The maximum absolute atomic E-state index is 13.2. The summed E-state index contributed by atoms with van der Waals surface area (Å²) in [6.45, 7) is 0.540. The standard InChI is InChI=1S/C19H18BrN3O2/c1-25-15-7-8-17(20)16(10-15)19(24)23(13-5-6-13)12-14-11-21-18-4-2-3-9-22(14)18/h2-4,7-11,13H,5-6,12H2,1H3. The molecule has 1 amide bonds. The minimum atomic E-state index is 0.0131. The summed E-state index contributed by atoms with van der Waals surface area (Å²) >= 11 is 3.50. The van der Waals surface area contributed by atoms with Crippen molar-refractivity contribution in [2.24, 2.45) is 0 Å². The molecule has 25 heavy (non-hydrogen) atoms. The third-order valence-corrected chi connectivity index (χ3v) is 5.17. The summed E-state index contributed by atoms with van der Waals surface area (Å²) in [5.74, 6) is 0.691. The lowest BCUT2D eigenvalue weighted by Crippen LogP contribution is -2.33. The van der Waals surface area contributed by atoms with Gasteiger partial charge in [-0.15, -0.1) is 0 Å². The molecule has 2 heterocycles. The molecule has 4 rings (SSSR count). The molecule has 6 heteroatoms. The van der Waals surface area contributed by atoms with Gasteiger partial charge in [-0.05, 0) is 59.1 Å². The van der Waals surface area contributed by atoms with E-state index >= 15 is 0 Å². The van der Waals surface area contributed by atoms with Crippen LogP contribution in [0.15, 0.2) is 53.3 Å². The van der Waals surface area contributed by atoms with E-state index in [-0.39, 0.29) is 5.91 Å². The summed E-state index contributed by atoms with van der Waals surface area (Å²) in [4.78, 5) is 19.6. The quantitative estimate of drug-likeness (QED) is 0.653. The van der Waals surface area contributed by atoms with Crippen molar-refractivity contribution in [3.63, 3.8) is 0 Å². The average Bonchev–Trinajstić information content (AvgIpc) is 3.40. The van der Waals surface area contributed by atoms with E-state index in [4.69, 9.17) is 4.74 Å². The fraction of sp³-hybridized carbons (Fsp3) is 0.263. The van der Waals surface area contributed by atoms with Gasteiger partial charge in [0.1, 0.15) is 11.4 Å². The third kappa shape index (κ3) is 3.14. The Bertz CT molecular complexity index is 933. The Hall–Kier alpha value is -2.34. The van der Waals surface area contributed by atoms with Gasteiger partial charge in [0.25, 0.3) is 5.91 Å². The van der Waals surface area contributed by atoms with Gasteiger partial charge in [-0.25, -0.2) is 4.98 Å². The van der Waals surface area contributed by atoms with Gasteiger partial charge >= 0.3 is 0 Å². The molecule has 3 aromatic rings. The van der Waals surface area contributed by atoms with Crippen LogP contribution in [-0.2, 0) is 6.54 Å². The van der Waals surface area contributed by atoms with Gasteiger partial charge < -0.3 is 14.0 Å². The summed E-state index contributed by atoms with van der Waals surface area (Å²) in [6, 6.07) is 11.7. The van der Waals surface area contributed by atoms with E-state index in [2.05, 4.69) is 20.9 Å². The highest BCUT2D eigenvalue weighted by molar-refractivity contribution is 9.10. The van der Waals surface area contributed by atoms with Crippen molar-refractivity contribution in [3.05, 3.63) is 64.5 Å². The van der Waals surface area contributed by atoms with Crippen molar-refractivity contribution in [1.82, 2.24) is 14.3 Å². The van der Waals surface area contributed by atoms with Gasteiger partial charge in [0.2, 0.25) is 0 Å². The van der Waals surface area contributed by atoms with Crippen molar-refractivity contribution in [2.45, 2.75) is 25.4 Å². The zero-order chi connectivity index (χ0) is 17.4. The average molecular weight is 400 g/mol. The Morgan fingerprint density at radius 1 is 1.36 bits per heavy atom. The molecule has 1 aromatic carbocycles. The zero-order valence-corrected chi connectivity index (χ0v) is 15.4. The number of hydrogen-bond donors (Lipinski definition) is 0. The number of ether oxygens (including phenoxy) is 1. The number of fused-ring (bicyclic) bond motifs is 1. The van der Waals surface area contributed by atoms with Gasteiger partial charge in [0, 0.05) is 16.7 Å². The van der Waals surface area contributed by atoms with Crippen molar-refractivity contribution < 1.29 is 9.53 Å².